The van der Waals surface area contributed by atoms with Crippen molar-refractivity contribution in [1.29, 1.82) is 0 Å². The van der Waals surface area contributed by atoms with Gasteiger partial charge in [-0.25, -0.2) is 0 Å². The van der Waals surface area contributed by atoms with E-state index in [1.807, 2.05) is 49.4 Å². The Morgan fingerprint density at radius 2 is 2.07 bits per heavy atom. The number of para-hydroxylation sites is 1. The lowest BCUT2D eigenvalue weighted by atomic mass is 10.0. The van der Waals surface area contributed by atoms with Gasteiger partial charge >= 0.3 is 0 Å². The quantitative estimate of drug-likeness (QED) is 0.738. The molecule has 0 bridgehead atoms. The SMILES string of the molecule is COc1ccccc1C(C)N(C)C(=O)c1cccc(OCC2CCCO2)c1. The third kappa shape index (κ3) is 4.61. The molecule has 2 atom stereocenters. The molecule has 2 aromatic rings. The fourth-order valence-electron chi connectivity index (χ4n) is 3.28. The van der Waals surface area contributed by atoms with Crippen molar-refractivity contribution in [2.45, 2.75) is 31.9 Å². The fourth-order valence-corrected chi connectivity index (χ4v) is 3.28. The Labute approximate surface area is 160 Å². The number of nitrogens with zero attached hydrogens (tertiary/aromatic N) is 1. The highest BCUT2D eigenvalue weighted by Crippen LogP contribution is 2.29. The number of ether oxygens (including phenoxy) is 3. The van der Waals surface area contributed by atoms with Crippen LogP contribution in [0.1, 0.15) is 41.7 Å². The van der Waals surface area contributed by atoms with E-state index >= 15 is 0 Å². The number of carbonyl (C=O) groups is 1. The van der Waals surface area contributed by atoms with Crippen LogP contribution in [0.25, 0.3) is 0 Å². The highest BCUT2D eigenvalue weighted by Gasteiger charge is 2.22. The Morgan fingerprint density at radius 1 is 1.26 bits per heavy atom. The molecule has 1 fully saturated rings. The number of amides is 1. The predicted octanol–water partition coefficient (Wildman–Crippen LogP) is 4.09. The Balaban J connectivity index is 1.69. The summed E-state index contributed by atoms with van der Waals surface area (Å²) in [6, 6.07) is 15.0. The van der Waals surface area contributed by atoms with Crippen LogP contribution in [0.5, 0.6) is 11.5 Å². The summed E-state index contributed by atoms with van der Waals surface area (Å²) in [5, 5.41) is 0. The maximum Gasteiger partial charge on any atom is 0.254 e. The van der Waals surface area contributed by atoms with Crippen LogP contribution in [0.15, 0.2) is 48.5 Å². The first-order valence-corrected chi connectivity index (χ1v) is 9.34. The molecule has 0 radical (unpaired) electrons. The second kappa shape index (κ2) is 8.91. The Bertz CT molecular complexity index is 770. The number of carbonyl (C=O) groups excluding carboxylic acids is 1. The van der Waals surface area contributed by atoms with Crippen LogP contribution < -0.4 is 9.47 Å². The van der Waals surface area contributed by atoms with Gasteiger partial charge in [-0.05, 0) is 44.0 Å². The van der Waals surface area contributed by atoms with Crippen molar-refractivity contribution < 1.29 is 19.0 Å². The molecule has 5 nitrogen and oxygen atoms in total. The van der Waals surface area contributed by atoms with Gasteiger partial charge in [0.25, 0.3) is 5.91 Å². The first kappa shape index (κ1) is 19.2. The van der Waals surface area contributed by atoms with Gasteiger partial charge in [-0.1, -0.05) is 24.3 Å². The van der Waals surface area contributed by atoms with Crippen molar-refractivity contribution >= 4 is 5.91 Å². The van der Waals surface area contributed by atoms with Crippen molar-refractivity contribution in [2.75, 3.05) is 27.4 Å². The highest BCUT2D eigenvalue weighted by atomic mass is 16.5. The summed E-state index contributed by atoms with van der Waals surface area (Å²) in [5.74, 6) is 1.41. The molecule has 3 rings (SSSR count). The minimum atomic E-state index is -0.120. The lowest BCUT2D eigenvalue weighted by molar-refractivity contribution is 0.0677. The van der Waals surface area contributed by atoms with E-state index in [9.17, 15) is 4.79 Å². The van der Waals surface area contributed by atoms with E-state index in [1.165, 1.54) is 0 Å². The second-order valence-electron chi connectivity index (χ2n) is 6.81. The predicted molar refractivity (Wildman–Crippen MR) is 104 cm³/mol. The normalized spacial score (nSPS) is 17.4. The molecule has 0 N–H and O–H groups in total. The van der Waals surface area contributed by atoms with E-state index in [0.29, 0.717) is 17.9 Å². The maximum atomic E-state index is 13.0. The first-order valence-electron chi connectivity index (χ1n) is 9.34. The van der Waals surface area contributed by atoms with Gasteiger partial charge in [-0.2, -0.15) is 0 Å². The summed E-state index contributed by atoms with van der Waals surface area (Å²) in [7, 11) is 3.45. The van der Waals surface area contributed by atoms with Crippen LogP contribution in [-0.4, -0.2) is 44.3 Å². The monoisotopic (exact) mass is 369 g/mol. The molecular weight excluding hydrogens is 342 g/mol. The molecule has 0 saturated carbocycles. The molecule has 1 heterocycles. The van der Waals surface area contributed by atoms with Crippen molar-refractivity contribution in [2.24, 2.45) is 0 Å². The summed E-state index contributed by atoms with van der Waals surface area (Å²) >= 11 is 0. The molecule has 1 aliphatic rings. The van der Waals surface area contributed by atoms with Gasteiger partial charge in [0.2, 0.25) is 0 Å². The van der Waals surface area contributed by atoms with Crippen LogP contribution in [0, 0.1) is 0 Å². The molecule has 1 aliphatic heterocycles. The standard InChI is InChI=1S/C22H27NO4/c1-16(20-11-4-5-12-21(20)25-3)23(2)22(24)17-8-6-9-18(14-17)27-15-19-10-7-13-26-19/h4-6,8-9,11-12,14,16,19H,7,10,13,15H2,1-3H3. The fraction of sp³-hybridized carbons (Fsp3) is 0.409. The third-order valence-electron chi connectivity index (χ3n) is 5.03. The van der Waals surface area contributed by atoms with E-state index in [2.05, 4.69) is 0 Å². The minimum absolute atomic E-state index is 0.0593. The number of methoxy groups -OCH3 is 1. The average molecular weight is 369 g/mol. The van der Waals surface area contributed by atoms with Crippen molar-refractivity contribution in [3.63, 3.8) is 0 Å². The maximum absolute atomic E-state index is 13.0. The Kier molecular flexibility index (Phi) is 6.35. The number of hydrogen-bond donors (Lipinski definition) is 0. The van der Waals surface area contributed by atoms with E-state index < -0.39 is 0 Å². The van der Waals surface area contributed by atoms with E-state index in [4.69, 9.17) is 14.2 Å². The smallest absolute Gasteiger partial charge is 0.254 e. The number of hydrogen-bond acceptors (Lipinski definition) is 4. The number of benzene rings is 2. The topological polar surface area (TPSA) is 48.0 Å². The zero-order valence-electron chi connectivity index (χ0n) is 16.2. The summed E-state index contributed by atoms with van der Waals surface area (Å²) in [4.78, 5) is 14.7. The first-order chi connectivity index (χ1) is 13.1. The molecule has 1 amide bonds. The molecule has 2 aromatic carbocycles. The van der Waals surface area contributed by atoms with Crippen molar-refractivity contribution in [3.8, 4) is 11.5 Å². The minimum Gasteiger partial charge on any atom is -0.496 e. The second-order valence-corrected chi connectivity index (χ2v) is 6.81. The van der Waals surface area contributed by atoms with Gasteiger partial charge in [-0.15, -0.1) is 0 Å². The highest BCUT2D eigenvalue weighted by molar-refractivity contribution is 5.94. The summed E-state index contributed by atoms with van der Waals surface area (Å²) in [5.41, 5.74) is 1.57. The summed E-state index contributed by atoms with van der Waals surface area (Å²) < 4.78 is 16.8. The van der Waals surface area contributed by atoms with Crippen LogP contribution in [0.2, 0.25) is 0 Å². The van der Waals surface area contributed by atoms with E-state index in [0.717, 1.165) is 30.8 Å². The molecule has 0 spiro atoms. The van der Waals surface area contributed by atoms with Gasteiger partial charge in [0.05, 0.1) is 19.3 Å². The zero-order chi connectivity index (χ0) is 19.2. The van der Waals surface area contributed by atoms with Crippen molar-refractivity contribution in [1.82, 2.24) is 4.90 Å². The van der Waals surface area contributed by atoms with Crippen LogP contribution >= 0.6 is 0 Å². The molecule has 144 valence electrons. The number of rotatable bonds is 7. The van der Waals surface area contributed by atoms with E-state index in [1.54, 1.807) is 25.1 Å². The lowest BCUT2D eigenvalue weighted by Crippen LogP contribution is -2.30. The van der Waals surface area contributed by atoms with Crippen LogP contribution in [0.4, 0.5) is 0 Å². The van der Waals surface area contributed by atoms with Gasteiger partial charge in [0.15, 0.2) is 0 Å². The van der Waals surface area contributed by atoms with Gasteiger partial charge in [0, 0.05) is 24.8 Å². The third-order valence-corrected chi connectivity index (χ3v) is 5.03. The average Bonchev–Trinajstić information content (AvgIpc) is 3.24. The summed E-state index contributed by atoms with van der Waals surface area (Å²) in [6.45, 7) is 3.32. The molecule has 27 heavy (non-hydrogen) atoms. The Morgan fingerprint density at radius 3 is 2.81 bits per heavy atom. The van der Waals surface area contributed by atoms with Gasteiger partial charge < -0.3 is 19.1 Å². The molecule has 1 saturated heterocycles. The largest absolute Gasteiger partial charge is 0.496 e. The molecular formula is C22H27NO4. The zero-order valence-corrected chi connectivity index (χ0v) is 16.2. The van der Waals surface area contributed by atoms with Gasteiger partial charge in [0.1, 0.15) is 18.1 Å². The molecule has 0 aliphatic carbocycles. The van der Waals surface area contributed by atoms with Crippen LogP contribution in [-0.2, 0) is 4.74 Å². The molecule has 0 aromatic heterocycles. The Hall–Kier alpha value is -2.53. The molecule has 2 unspecified atom stereocenters. The van der Waals surface area contributed by atoms with E-state index in [-0.39, 0.29) is 18.1 Å². The lowest BCUT2D eigenvalue weighted by Gasteiger charge is -2.27. The van der Waals surface area contributed by atoms with Crippen LogP contribution in [0.3, 0.4) is 0 Å². The summed E-state index contributed by atoms with van der Waals surface area (Å²) in [6.07, 6.45) is 2.26. The molecule has 5 heteroatoms. The van der Waals surface area contributed by atoms with Crippen molar-refractivity contribution in [3.05, 3.63) is 59.7 Å². The van der Waals surface area contributed by atoms with Gasteiger partial charge in [-0.3, -0.25) is 4.79 Å².